The van der Waals surface area contributed by atoms with Crippen LogP contribution in [0.3, 0.4) is 0 Å². The lowest BCUT2D eigenvalue weighted by Gasteiger charge is -2.53. The van der Waals surface area contributed by atoms with Gasteiger partial charge in [0.15, 0.2) is 0 Å². The summed E-state index contributed by atoms with van der Waals surface area (Å²) in [7, 11) is 0. The van der Waals surface area contributed by atoms with Crippen LogP contribution in [0.25, 0.3) is 10.9 Å². The summed E-state index contributed by atoms with van der Waals surface area (Å²) in [6.45, 7) is 10.9. The first kappa shape index (κ1) is 29.1. The Labute approximate surface area is 245 Å². The maximum absolute atomic E-state index is 13.5. The maximum Gasteiger partial charge on any atom is 0.416 e. The van der Waals surface area contributed by atoms with Crippen molar-refractivity contribution in [3.8, 4) is 0 Å². The molecule has 9 heteroatoms. The Bertz CT molecular complexity index is 1450. The van der Waals surface area contributed by atoms with Crippen LogP contribution in [0.4, 0.5) is 13.2 Å². The van der Waals surface area contributed by atoms with E-state index in [-0.39, 0.29) is 29.6 Å². The van der Waals surface area contributed by atoms with Crippen molar-refractivity contribution in [3.63, 3.8) is 0 Å². The zero-order chi connectivity index (χ0) is 29.6. The fourth-order valence-electron chi connectivity index (χ4n) is 7.38. The number of amides is 1. The fraction of sp³-hybridized carbons (Fsp3) is 0.515. The molecule has 2 fully saturated rings. The molecule has 1 aromatic heterocycles. The average Bonchev–Trinajstić information content (AvgIpc) is 3.33. The van der Waals surface area contributed by atoms with E-state index in [2.05, 4.69) is 28.6 Å². The number of hydrogen-bond donors (Lipinski definition) is 0. The molecule has 0 saturated carbocycles. The van der Waals surface area contributed by atoms with E-state index in [0.29, 0.717) is 31.7 Å². The number of carbonyl (C=O) groups is 1. The second kappa shape index (κ2) is 11.2. The van der Waals surface area contributed by atoms with E-state index in [4.69, 9.17) is 4.74 Å². The smallest absolute Gasteiger partial charge is 0.376 e. The highest BCUT2D eigenvalue weighted by Gasteiger charge is 2.45. The Kier molecular flexibility index (Phi) is 7.79. The van der Waals surface area contributed by atoms with Gasteiger partial charge in [-0.3, -0.25) is 19.6 Å². The molecule has 3 heterocycles. The Morgan fingerprint density at radius 1 is 1.07 bits per heavy atom. The van der Waals surface area contributed by atoms with E-state index < -0.39 is 11.7 Å². The highest BCUT2D eigenvalue weighted by Crippen LogP contribution is 2.43. The summed E-state index contributed by atoms with van der Waals surface area (Å²) >= 11 is 0. The number of fused-ring (bicyclic) bond motifs is 2. The van der Waals surface area contributed by atoms with Crippen molar-refractivity contribution in [3.05, 3.63) is 77.0 Å². The predicted molar refractivity (Wildman–Crippen MR) is 156 cm³/mol. The van der Waals surface area contributed by atoms with Crippen molar-refractivity contribution in [2.45, 2.75) is 69.9 Å². The Balaban J connectivity index is 1.13. The Morgan fingerprint density at radius 2 is 1.86 bits per heavy atom. The number of nitrogens with zero attached hydrogens (tertiary/aromatic N) is 4. The highest BCUT2D eigenvalue weighted by molar-refractivity contribution is 6.06. The number of rotatable bonds is 5. The molecule has 0 spiro atoms. The molecule has 6 nitrogen and oxygen atoms in total. The molecule has 3 atom stereocenters. The number of piperazine rings is 1. The van der Waals surface area contributed by atoms with E-state index in [1.54, 1.807) is 12.3 Å². The van der Waals surface area contributed by atoms with Gasteiger partial charge in [-0.05, 0) is 75.1 Å². The largest absolute Gasteiger partial charge is 0.416 e. The summed E-state index contributed by atoms with van der Waals surface area (Å²) in [5.74, 6) is 0.0596. The van der Waals surface area contributed by atoms with Crippen molar-refractivity contribution in [2.24, 2.45) is 0 Å². The summed E-state index contributed by atoms with van der Waals surface area (Å²) in [6, 6.07) is 13.9. The third-order valence-electron chi connectivity index (χ3n) is 9.75. The van der Waals surface area contributed by atoms with Gasteiger partial charge in [0, 0.05) is 74.5 Å². The number of aromatic nitrogens is 1. The second-order valence-corrected chi connectivity index (χ2v) is 12.3. The summed E-state index contributed by atoms with van der Waals surface area (Å²) < 4.78 is 46.4. The van der Waals surface area contributed by atoms with Crippen LogP contribution in [0, 0.1) is 0 Å². The van der Waals surface area contributed by atoms with Gasteiger partial charge in [0.25, 0.3) is 5.91 Å². The van der Waals surface area contributed by atoms with Gasteiger partial charge in [-0.15, -0.1) is 0 Å². The van der Waals surface area contributed by atoms with Gasteiger partial charge >= 0.3 is 6.18 Å². The van der Waals surface area contributed by atoms with Gasteiger partial charge in [-0.1, -0.05) is 18.2 Å². The number of hydrogen-bond acceptors (Lipinski definition) is 5. The highest BCUT2D eigenvalue weighted by atomic mass is 19.4. The van der Waals surface area contributed by atoms with Crippen molar-refractivity contribution >= 4 is 16.8 Å². The lowest BCUT2D eigenvalue weighted by atomic mass is 9.86. The molecule has 2 saturated heterocycles. The molecule has 6 rings (SSSR count). The first-order valence-electron chi connectivity index (χ1n) is 15.0. The summed E-state index contributed by atoms with van der Waals surface area (Å²) in [6.07, 6.45) is -0.481. The molecule has 3 aromatic rings. The molecule has 2 aliphatic heterocycles. The van der Waals surface area contributed by atoms with Crippen LogP contribution in [-0.2, 0) is 17.3 Å². The number of benzene rings is 2. The van der Waals surface area contributed by atoms with Crippen LogP contribution in [0.15, 0.2) is 54.7 Å². The number of piperidine rings is 1. The summed E-state index contributed by atoms with van der Waals surface area (Å²) in [5.41, 5.74) is 2.62. The van der Waals surface area contributed by atoms with Gasteiger partial charge in [0.1, 0.15) is 0 Å². The first-order chi connectivity index (χ1) is 20.1. The summed E-state index contributed by atoms with van der Waals surface area (Å²) in [4.78, 5) is 24.9. The van der Waals surface area contributed by atoms with Crippen molar-refractivity contribution in [1.29, 1.82) is 0 Å². The number of pyridine rings is 1. The van der Waals surface area contributed by atoms with Gasteiger partial charge in [-0.25, -0.2) is 0 Å². The number of halogens is 3. The Hall–Kier alpha value is -3.01. The zero-order valence-corrected chi connectivity index (χ0v) is 24.5. The molecular formula is C33H39F3N4O2. The van der Waals surface area contributed by atoms with Crippen LogP contribution in [0.2, 0.25) is 0 Å². The van der Waals surface area contributed by atoms with Crippen molar-refractivity contribution < 1.29 is 22.7 Å². The minimum Gasteiger partial charge on any atom is -0.376 e. The lowest BCUT2D eigenvalue weighted by molar-refractivity contribution is -0.137. The third-order valence-corrected chi connectivity index (χ3v) is 9.75. The molecule has 42 heavy (non-hydrogen) atoms. The molecule has 1 aliphatic carbocycles. The standard InChI is InChI=1S/C33H39F3N4O2/c1-4-42-29-20-23-19-24(33(34,35)36)10-11-25(23)30(29)40-18-17-39(21-22(40)2)32(3)12-15-38(16-13-32)31(41)27-7-5-9-28-26(27)8-6-14-37-28/h5-11,14,19,22,29-30H,4,12-13,15-18,20-21H2,1-3H3/t22-,29+,30?/m0/s1. The number of ether oxygens (including phenoxy) is 1. The molecular weight excluding hydrogens is 541 g/mol. The average molecular weight is 581 g/mol. The molecule has 1 unspecified atom stereocenters. The quantitative estimate of drug-likeness (QED) is 0.373. The van der Waals surface area contributed by atoms with E-state index in [1.165, 1.54) is 12.1 Å². The zero-order valence-electron chi connectivity index (χ0n) is 24.5. The van der Waals surface area contributed by atoms with Gasteiger partial charge in [0.05, 0.1) is 23.2 Å². The van der Waals surface area contributed by atoms with E-state index in [1.807, 2.05) is 42.2 Å². The third kappa shape index (κ3) is 5.31. The molecule has 0 bridgehead atoms. The van der Waals surface area contributed by atoms with Gasteiger partial charge < -0.3 is 9.64 Å². The minimum atomic E-state index is -4.35. The first-order valence-corrected chi connectivity index (χ1v) is 15.0. The monoisotopic (exact) mass is 580 g/mol. The van der Waals surface area contributed by atoms with Gasteiger partial charge in [-0.2, -0.15) is 13.2 Å². The van der Waals surface area contributed by atoms with Gasteiger partial charge in [0.2, 0.25) is 0 Å². The minimum absolute atomic E-state index is 0.0219. The topological polar surface area (TPSA) is 48.9 Å². The van der Waals surface area contributed by atoms with E-state index >= 15 is 0 Å². The summed E-state index contributed by atoms with van der Waals surface area (Å²) in [5, 5.41) is 0.886. The van der Waals surface area contributed by atoms with Crippen LogP contribution in [-0.4, -0.2) is 82.6 Å². The molecule has 3 aliphatic rings. The maximum atomic E-state index is 13.5. The Morgan fingerprint density at radius 3 is 2.57 bits per heavy atom. The molecule has 0 radical (unpaired) electrons. The molecule has 1 amide bonds. The van der Waals surface area contributed by atoms with Crippen molar-refractivity contribution in [2.75, 3.05) is 39.3 Å². The van der Waals surface area contributed by atoms with Crippen LogP contribution >= 0.6 is 0 Å². The fourth-order valence-corrected chi connectivity index (χ4v) is 7.38. The number of carbonyl (C=O) groups excluding carboxylic acids is 1. The number of likely N-dealkylation sites (tertiary alicyclic amines) is 1. The predicted octanol–water partition coefficient (Wildman–Crippen LogP) is 5.96. The van der Waals surface area contributed by atoms with Crippen LogP contribution < -0.4 is 0 Å². The van der Waals surface area contributed by atoms with Crippen molar-refractivity contribution in [1.82, 2.24) is 19.7 Å². The molecule has 2 aromatic carbocycles. The normalized spacial score (nSPS) is 25.1. The lowest BCUT2D eigenvalue weighted by Crippen LogP contribution is -2.62. The van der Waals surface area contributed by atoms with E-state index in [0.717, 1.165) is 54.5 Å². The van der Waals surface area contributed by atoms with Crippen LogP contribution in [0.1, 0.15) is 66.7 Å². The van der Waals surface area contributed by atoms with Crippen LogP contribution in [0.5, 0.6) is 0 Å². The SMILES string of the molecule is CCO[C@@H]1Cc2cc(C(F)(F)F)ccc2C1N1CCN(C2(C)CCN(C(=O)c3cccc4ncccc34)CC2)C[C@@H]1C. The molecule has 0 N–H and O–H groups in total. The second-order valence-electron chi connectivity index (χ2n) is 12.3. The number of alkyl halides is 3. The molecule has 224 valence electrons. The van der Waals surface area contributed by atoms with E-state index in [9.17, 15) is 18.0 Å².